The zero-order chi connectivity index (χ0) is 41.2. The Labute approximate surface area is 323 Å². The minimum absolute atomic E-state index is 0.00829. The summed E-state index contributed by atoms with van der Waals surface area (Å²) in [6.45, 7) is 8.11. The first-order valence-electron chi connectivity index (χ1n) is 19.0. The van der Waals surface area contributed by atoms with E-state index in [4.69, 9.17) is 22.9 Å². The number of hydrogen-bond donors (Lipinski definition) is 10. The molecule has 0 bridgehead atoms. The standard InChI is InChI=1S/C37H62N10O8/c1-5-22(4)30(34(52)44-28(36(54)55)19-21(2)3)45-32(50)27(20-23-12-14-24(48)15-13-23)43-33(51)29-11-8-18-47(29)35(53)26(40)10-7-17-42-37(41)46-31(49)25(39)9-6-16-38/h12-15,21-22,25-30,48H,5-11,16-20,38-40H2,1-4H3,(H,43,51)(H,44,52)(H,45,50)(H,54,55)(H3,41,42,46,49)/t22-,25-,26-,27-,28-,29-,30-/m0/s1. The summed E-state index contributed by atoms with van der Waals surface area (Å²) in [5, 5.41) is 30.0. The second-order valence-electron chi connectivity index (χ2n) is 14.6. The molecule has 55 heavy (non-hydrogen) atoms. The number of carboxylic acids is 1. The molecule has 1 aromatic rings. The average molecular weight is 775 g/mol. The van der Waals surface area contributed by atoms with Gasteiger partial charge in [-0.15, -0.1) is 0 Å². The van der Waals surface area contributed by atoms with Crippen LogP contribution in [0.4, 0.5) is 0 Å². The maximum Gasteiger partial charge on any atom is 0.326 e. The van der Waals surface area contributed by atoms with Crippen LogP contribution in [-0.2, 0) is 35.2 Å². The summed E-state index contributed by atoms with van der Waals surface area (Å²) in [5.74, 6) is -4.55. The minimum atomic E-state index is -1.20. The van der Waals surface area contributed by atoms with Crippen molar-refractivity contribution in [2.24, 2.45) is 39.8 Å². The van der Waals surface area contributed by atoms with Gasteiger partial charge < -0.3 is 54.0 Å². The fourth-order valence-corrected chi connectivity index (χ4v) is 6.13. The van der Waals surface area contributed by atoms with Crippen LogP contribution >= 0.6 is 0 Å². The molecule has 1 aromatic carbocycles. The molecule has 0 saturated carbocycles. The monoisotopic (exact) mass is 774 g/mol. The van der Waals surface area contributed by atoms with E-state index in [0.717, 1.165) is 0 Å². The number of rotatable bonds is 22. The number of aliphatic imine (C=N–C) groups is 1. The van der Waals surface area contributed by atoms with Crippen LogP contribution in [0.15, 0.2) is 29.3 Å². The lowest BCUT2D eigenvalue weighted by Gasteiger charge is -2.30. The second kappa shape index (κ2) is 23.2. The van der Waals surface area contributed by atoms with E-state index in [1.54, 1.807) is 19.1 Å². The molecular weight excluding hydrogens is 712 g/mol. The highest BCUT2D eigenvalue weighted by atomic mass is 16.4. The molecule has 5 amide bonds. The maximum atomic E-state index is 13.9. The maximum absolute atomic E-state index is 13.9. The van der Waals surface area contributed by atoms with Crippen molar-refractivity contribution in [3.63, 3.8) is 0 Å². The van der Waals surface area contributed by atoms with Gasteiger partial charge in [-0.1, -0.05) is 46.2 Å². The van der Waals surface area contributed by atoms with Crippen LogP contribution in [0.3, 0.4) is 0 Å². The highest BCUT2D eigenvalue weighted by Gasteiger charge is 2.38. The van der Waals surface area contributed by atoms with Crippen molar-refractivity contribution >= 4 is 41.5 Å². The molecule has 7 atom stereocenters. The molecule has 0 unspecified atom stereocenters. The van der Waals surface area contributed by atoms with E-state index in [1.807, 2.05) is 20.8 Å². The van der Waals surface area contributed by atoms with Gasteiger partial charge in [0.05, 0.1) is 12.1 Å². The fraction of sp³-hybridized carbons (Fsp3) is 0.649. The molecule has 1 aliphatic heterocycles. The van der Waals surface area contributed by atoms with Crippen molar-refractivity contribution < 1.29 is 39.0 Å². The van der Waals surface area contributed by atoms with Gasteiger partial charge in [0.15, 0.2) is 5.96 Å². The number of guanidine groups is 1. The van der Waals surface area contributed by atoms with E-state index < -0.39 is 77.7 Å². The van der Waals surface area contributed by atoms with Crippen LogP contribution in [-0.4, -0.2) is 112 Å². The summed E-state index contributed by atoms with van der Waals surface area (Å²) < 4.78 is 0. The van der Waals surface area contributed by atoms with Gasteiger partial charge in [-0.25, -0.2) is 4.79 Å². The van der Waals surface area contributed by atoms with Crippen molar-refractivity contribution in [2.75, 3.05) is 19.6 Å². The number of carbonyl (C=O) groups excluding carboxylic acids is 5. The summed E-state index contributed by atoms with van der Waals surface area (Å²) >= 11 is 0. The van der Waals surface area contributed by atoms with Crippen molar-refractivity contribution in [2.45, 2.75) is 122 Å². The number of nitrogens with one attached hydrogen (secondary N) is 4. The molecule has 2 rings (SSSR count). The number of carboxylic acid groups (broad SMARTS) is 1. The summed E-state index contributed by atoms with van der Waals surface area (Å²) in [7, 11) is 0. The van der Waals surface area contributed by atoms with Crippen molar-refractivity contribution in [1.29, 1.82) is 0 Å². The Balaban J connectivity index is 2.16. The Morgan fingerprint density at radius 2 is 1.56 bits per heavy atom. The van der Waals surface area contributed by atoms with Crippen molar-refractivity contribution in [3.8, 4) is 5.75 Å². The number of aliphatic carboxylic acids is 1. The first-order chi connectivity index (χ1) is 26.0. The van der Waals surface area contributed by atoms with E-state index in [9.17, 15) is 39.0 Å². The lowest BCUT2D eigenvalue weighted by molar-refractivity contribution is -0.143. The number of hydrogen-bond acceptors (Lipinski definition) is 11. The van der Waals surface area contributed by atoms with Crippen LogP contribution in [0.5, 0.6) is 5.75 Å². The summed E-state index contributed by atoms with van der Waals surface area (Å²) in [4.78, 5) is 84.1. The number of carbonyl (C=O) groups is 6. The number of benzene rings is 1. The Kier molecular flexibility index (Phi) is 19.5. The molecule has 308 valence electrons. The predicted octanol–water partition coefficient (Wildman–Crippen LogP) is -0.838. The Bertz CT molecular complexity index is 1470. The third-order valence-electron chi connectivity index (χ3n) is 9.54. The van der Waals surface area contributed by atoms with Crippen LogP contribution in [0.1, 0.15) is 84.6 Å². The molecular formula is C37H62N10O8. The fourth-order valence-electron chi connectivity index (χ4n) is 6.13. The third kappa shape index (κ3) is 15.5. The molecule has 18 nitrogen and oxygen atoms in total. The number of phenols is 1. The summed E-state index contributed by atoms with van der Waals surface area (Å²) in [6.07, 6.45) is 3.08. The molecule has 18 heteroatoms. The molecule has 1 fully saturated rings. The molecule has 14 N–H and O–H groups in total. The van der Waals surface area contributed by atoms with Crippen molar-refractivity contribution in [3.05, 3.63) is 29.8 Å². The van der Waals surface area contributed by atoms with Crippen LogP contribution < -0.4 is 44.2 Å². The van der Waals surface area contributed by atoms with Gasteiger partial charge in [0.1, 0.15) is 29.9 Å². The Hall–Kier alpha value is -4.81. The largest absolute Gasteiger partial charge is 0.508 e. The lowest BCUT2D eigenvalue weighted by Crippen LogP contribution is -2.59. The molecule has 1 aliphatic rings. The SMILES string of the molecule is CC[C@H](C)[C@H](NC(=O)[C@H](Cc1ccc(O)cc1)NC(=O)[C@@H]1CCCN1C(=O)[C@@H](N)CCCN=C(N)NC(=O)[C@@H](N)CCCN)C(=O)N[C@@H](CC(C)C)C(=O)O. The van der Waals surface area contributed by atoms with Gasteiger partial charge in [-0.3, -0.25) is 34.3 Å². The Morgan fingerprint density at radius 3 is 2.16 bits per heavy atom. The van der Waals surface area contributed by atoms with Gasteiger partial charge in [0.2, 0.25) is 29.5 Å². The van der Waals surface area contributed by atoms with E-state index in [-0.39, 0.29) is 50.0 Å². The first kappa shape index (κ1) is 46.3. The molecule has 0 aliphatic carbocycles. The van der Waals surface area contributed by atoms with Crippen LogP contribution in [0.2, 0.25) is 0 Å². The number of nitrogens with zero attached hydrogens (tertiary/aromatic N) is 2. The first-order valence-corrected chi connectivity index (χ1v) is 19.0. The molecule has 0 aromatic heterocycles. The van der Waals surface area contributed by atoms with Crippen LogP contribution in [0.25, 0.3) is 0 Å². The average Bonchev–Trinajstić information content (AvgIpc) is 3.64. The molecule has 1 saturated heterocycles. The quantitative estimate of drug-likeness (QED) is 0.0392. The predicted molar refractivity (Wildman–Crippen MR) is 207 cm³/mol. The van der Waals surface area contributed by atoms with Crippen molar-refractivity contribution in [1.82, 2.24) is 26.2 Å². The highest BCUT2D eigenvalue weighted by Crippen LogP contribution is 2.20. The molecule has 1 heterocycles. The third-order valence-corrected chi connectivity index (χ3v) is 9.54. The zero-order valence-electron chi connectivity index (χ0n) is 32.5. The van der Waals surface area contributed by atoms with Crippen LogP contribution in [0, 0.1) is 11.8 Å². The number of nitrogens with two attached hydrogens (primary N) is 4. The zero-order valence-corrected chi connectivity index (χ0v) is 32.5. The van der Waals surface area contributed by atoms with Gasteiger partial charge in [-0.05, 0) is 81.0 Å². The van der Waals surface area contributed by atoms with E-state index in [1.165, 1.54) is 17.0 Å². The summed E-state index contributed by atoms with van der Waals surface area (Å²) in [5.41, 5.74) is 23.9. The van der Waals surface area contributed by atoms with Gasteiger partial charge in [-0.2, -0.15) is 0 Å². The number of likely N-dealkylation sites (tertiary alicyclic amines) is 1. The summed E-state index contributed by atoms with van der Waals surface area (Å²) in [6, 6.07) is -0.0360. The van der Waals surface area contributed by atoms with E-state index >= 15 is 0 Å². The normalized spacial score (nSPS) is 17.7. The van der Waals surface area contributed by atoms with Gasteiger partial charge in [0.25, 0.3) is 0 Å². The highest BCUT2D eigenvalue weighted by molar-refractivity contribution is 5.98. The number of phenolic OH excluding ortho intramolecular Hbond substituents is 1. The smallest absolute Gasteiger partial charge is 0.326 e. The second-order valence-corrected chi connectivity index (χ2v) is 14.6. The number of aromatic hydroxyl groups is 1. The van der Waals surface area contributed by atoms with Gasteiger partial charge in [0, 0.05) is 19.5 Å². The molecule has 0 radical (unpaired) electrons. The van der Waals surface area contributed by atoms with E-state index in [0.29, 0.717) is 50.6 Å². The Morgan fingerprint density at radius 1 is 0.909 bits per heavy atom. The topological polar surface area (TPSA) is 311 Å². The van der Waals surface area contributed by atoms with Gasteiger partial charge >= 0.3 is 5.97 Å². The van der Waals surface area contributed by atoms with E-state index in [2.05, 4.69) is 26.3 Å². The molecule has 0 spiro atoms. The minimum Gasteiger partial charge on any atom is -0.508 e. The lowest BCUT2D eigenvalue weighted by atomic mass is 9.96. The number of amides is 5.